The molecule has 1 aliphatic heterocycles. The van der Waals surface area contributed by atoms with Gasteiger partial charge in [0.05, 0.1) is 16.1 Å². The highest BCUT2D eigenvalue weighted by Gasteiger charge is 2.27. The Morgan fingerprint density at radius 2 is 1.96 bits per heavy atom. The predicted octanol–water partition coefficient (Wildman–Crippen LogP) is 3.74. The second-order valence-electron chi connectivity index (χ2n) is 7.11. The van der Waals surface area contributed by atoms with Crippen LogP contribution in [0.3, 0.4) is 0 Å². The smallest absolute Gasteiger partial charge is 0.410 e. The van der Waals surface area contributed by atoms with Crippen LogP contribution in [0.2, 0.25) is 0 Å². The lowest BCUT2D eigenvalue weighted by molar-refractivity contribution is 0.0240. The van der Waals surface area contributed by atoms with Gasteiger partial charge in [-0.3, -0.25) is 0 Å². The maximum absolute atomic E-state index is 12.2. The number of hydrogen-bond donors (Lipinski definition) is 0. The number of nitriles is 1. The molecule has 1 aliphatic rings. The number of thiophene rings is 1. The summed E-state index contributed by atoms with van der Waals surface area (Å²) in [6.45, 7) is 7.92. The third-order valence-electron chi connectivity index (χ3n) is 4.00. The molecular formula is C19H22N4O2S. The third kappa shape index (κ3) is 4.14. The number of rotatable bonds is 2. The van der Waals surface area contributed by atoms with Crippen molar-refractivity contribution in [3.05, 3.63) is 35.2 Å². The fraction of sp³-hybridized carbons (Fsp3) is 0.421. The Morgan fingerprint density at radius 3 is 2.54 bits per heavy atom. The zero-order chi connectivity index (χ0) is 18.7. The molecule has 0 atom stereocenters. The van der Waals surface area contributed by atoms with Crippen LogP contribution in [0.25, 0.3) is 10.6 Å². The summed E-state index contributed by atoms with van der Waals surface area (Å²) >= 11 is 1.62. The normalized spacial score (nSPS) is 14.8. The molecule has 0 unspecified atom stereocenters. The van der Waals surface area contributed by atoms with Crippen LogP contribution < -0.4 is 4.90 Å². The molecule has 0 saturated carbocycles. The number of anilines is 1. The molecule has 0 radical (unpaired) electrons. The predicted molar refractivity (Wildman–Crippen MR) is 102 cm³/mol. The van der Waals surface area contributed by atoms with Gasteiger partial charge in [-0.25, -0.2) is 9.78 Å². The largest absolute Gasteiger partial charge is 0.444 e. The summed E-state index contributed by atoms with van der Waals surface area (Å²) in [4.78, 5) is 21.8. The Bertz CT molecular complexity index is 813. The molecule has 1 fully saturated rings. The van der Waals surface area contributed by atoms with Gasteiger partial charge in [-0.05, 0) is 44.4 Å². The van der Waals surface area contributed by atoms with E-state index in [4.69, 9.17) is 9.72 Å². The number of hydrogen-bond acceptors (Lipinski definition) is 6. The number of ether oxygens (including phenoxy) is 1. The molecule has 26 heavy (non-hydrogen) atoms. The quantitative estimate of drug-likeness (QED) is 0.805. The van der Waals surface area contributed by atoms with E-state index in [1.807, 2.05) is 50.4 Å². The van der Waals surface area contributed by atoms with E-state index in [1.165, 1.54) is 0 Å². The second-order valence-corrected chi connectivity index (χ2v) is 8.06. The molecule has 1 amide bonds. The van der Waals surface area contributed by atoms with Crippen molar-refractivity contribution in [2.24, 2.45) is 0 Å². The minimum absolute atomic E-state index is 0.294. The average Bonchev–Trinajstić information content (AvgIpc) is 3.14. The Labute approximate surface area is 157 Å². The van der Waals surface area contributed by atoms with Crippen molar-refractivity contribution in [1.29, 1.82) is 5.26 Å². The minimum Gasteiger partial charge on any atom is -0.444 e. The number of nitrogens with zero attached hydrogens (tertiary/aromatic N) is 4. The summed E-state index contributed by atoms with van der Waals surface area (Å²) in [5, 5.41) is 11.4. The molecule has 0 aromatic carbocycles. The number of amides is 1. The zero-order valence-corrected chi connectivity index (χ0v) is 16.0. The van der Waals surface area contributed by atoms with Gasteiger partial charge in [0.25, 0.3) is 0 Å². The number of aromatic nitrogens is 1. The zero-order valence-electron chi connectivity index (χ0n) is 15.2. The summed E-state index contributed by atoms with van der Waals surface area (Å²) in [7, 11) is 0. The van der Waals surface area contributed by atoms with Gasteiger partial charge in [0.2, 0.25) is 0 Å². The number of carbonyl (C=O) groups excluding carboxylic acids is 1. The number of piperazine rings is 1. The first-order valence-electron chi connectivity index (χ1n) is 8.55. The van der Waals surface area contributed by atoms with Gasteiger partial charge in [0, 0.05) is 26.2 Å². The maximum Gasteiger partial charge on any atom is 0.410 e. The molecule has 136 valence electrons. The summed E-state index contributed by atoms with van der Waals surface area (Å²) in [6, 6.07) is 9.92. The Balaban J connectivity index is 1.74. The van der Waals surface area contributed by atoms with Crippen LogP contribution >= 0.6 is 11.3 Å². The average molecular weight is 370 g/mol. The molecule has 7 heteroatoms. The minimum atomic E-state index is -0.501. The van der Waals surface area contributed by atoms with Crippen molar-refractivity contribution in [3.8, 4) is 16.6 Å². The molecule has 2 aromatic heterocycles. The van der Waals surface area contributed by atoms with Crippen LogP contribution in [0.15, 0.2) is 29.6 Å². The van der Waals surface area contributed by atoms with E-state index in [1.54, 1.807) is 16.2 Å². The SMILES string of the molecule is CC(C)(C)OC(=O)N1CCN(c2nc(-c3cccs3)ccc2C#N)CC1. The highest BCUT2D eigenvalue weighted by molar-refractivity contribution is 7.13. The highest BCUT2D eigenvalue weighted by atomic mass is 32.1. The lowest BCUT2D eigenvalue weighted by Crippen LogP contribution is -2.50. The molecule has 1 saturated heterocycles. The van der Waals surface area contributed by atoms with E-state index in [2.05, 4.69) is 11.0 Å². The standard InChI is InChI=1S/C19H22N4O2S/c1-19(2,3)25-18(24)23-10-8-22(9-11-23)17-14(13-20)6-7-15(21-17)16-5-4-12-26-16/h4-7,12H,8-11H2,1-3H3. The molecule has 2 aromatic rings. The number of carbonyl (C=O) groups is 1. The van der Waals surface area contributed by atoms with Crippen molar-refractivity contribution in [1.82, 2.24) is 9.88 Å². The first kappa shape index (κ1) is 18.2. The first-order valence-corrected chi connectivity index (χ1v) is 9.43. The number of pyridine rings is 1. The van der Waals surface area contributed by atoms with Gasteiger partial charge < -0.3 is 14.5 Å². The van der Waals surface area contributed by atoms with Gasteiger partial charge in [-0.1, -0.05) is 6.07 Å². The van der Waals surface area contributed by atoms with Crippen molar-refractivity contribution in [2.75, 3.05) is 31.1 Å². The molecule has 0 bridgehead atoms. The Kier molecular flexibility index (Phi) is 5.14. The monoisotopic (exact) mass is 370 g/mol. The molecule has 6 nitrogen and oxygen atoms in total. The maximum atomic E-state index is 12.2. The van der Waals surface area contributed by atoms with Crippen LogP contribution in [0.4, 0.5) is 10.6 Å². The van der Waals surface area contributed by atoms with Crippen LogP contribution in [-0.2, 0) is 4.74 Å². The van der Waals surface area contributed by atoms with Crippen molar-refractivity contribution < 1.29 is 9.53 Å². The first-order chi connectivity index (χ1) is 12.4. The molecular weight excluding hydrogens is 348 g/mol. The van der Waals surface area contributed by atoms with E-state index in [-0.39, 0.29) is 6.09 Å². The Morgan fingerprint density at radius 1 is 1.23 bits per heavy atom. The van der Waals surface area contributed by atoms with E-state index < -0.39 is 5.60 Å². The van der Waals surface area contributed by atoms with Gasteiger partial charge >= 0.3 is 6.09 Å². The van der Waals surface area contributed by atoms with Gasteiger partial charge in [-0.15, -0.1) is 11.3 Å². The fourth-order valence-electron chi connectivity index (χ4n) is 2.77. The van der Waals surface area contributed by atoms with E-state index >= 15 is 0 Å². The van der Waals surface area contributed by atoms with Crippen molar-refractivity contribution in [3.63, 3.8) is 0 Å². The molecule has 0 aliphatic carbocycles. The molecule has 0 N–H and O–H groups in total. The van der Waals surface area contributed by atoms with E-state index in [9.17, 15) is 10.1 Å². The summed E-state index contributed by atoms with van der Waals surface area (Å²) in [5.74, 6) is 0.683. The third-order valence-corrected chi connectivity index (χ3v) is 4.89. The van der Waals surface area contributed by atoms with Crippen LogP contribution in [0, 0.1) is 11.3 Å². The van der Waals surface area contributed by atoms with Crippen LogP contribution in [0.5, 0.6) is 0 Å². The van der Waals surface area contributed by atoms with Crippen molar-refractivity contribution >= 4 is 23.2 Å². The van der Waals surface area contributed by atoms with Crippen LogP contribution in [-0.4, -0.2) is 47.8 Å². The van der Waals surface area contributed by atoms with Crippen molar-refractivity contribution in [2.45, 2.75) is 26.4 Å². The van der Waals surface area contributed by atoms with Gasteiger partial charge in [0.1, 0.15) is 17.5 Å². The van der Waals surface area contributed by atoms with E-state index in [0.29, 0.717) is 37.6 Å². The Hall–Kier alpha value is -2.59. The van der Waals surface area contributed by atoms with Crippen LogP contribution in [0.1, 0.15) is 26.3 Å². The molecule has 3 rings (SSSR count). The van der Waals surface area contributed by atoms with Gasteiger partial charge in [0.15, 0.2) is 0 Å². The molecule has 3 heterocycles. The molecule has 0 spiro atoms. The van der Waals surface area contributed by atoms with E-state index in [0.717, 1.165) is 10.6 Å². The second kappa shape index (κ2) is 7.34. The lowest BCUT2D eigenvalue weighted by Gasteiger charge is -2.36. The highest BCUT2D eigenvalue weighted by Crippen LogP contribution is 2.28. The topological polar surface area (TPSA) is 69.5 Å². The lowest BCUT2D eigenvalue weighted by atomic mass is 10.2. The summed E-state index contributed by atoms with van der Waals surface area (Å²) in [6.07, 6.45) is -0.294. The van der Waals surface area contributed by atoms with Gasteiger partial charge in [-0.2, -0.15) is 5.26 Å². The summed E-state index contributed by atoms with van der Waals surface area (Å²) < 4.78 is 5.43. The summed E-state index contributed by atoms with van der Waals surface area (Å²) in [5.41, 5.74) is 0.915. The fourth-order valence-corrected chi connectivity index (χ4v) is 3.46.